The predicted molar refractivity (Wildman–Crippen MR) is 99.8 cm³/mol. The van der Waals surface area contributed by atoms with Gasteiger partial charge < -0.3 is 0 Å². The molecule has 118 valence electrons. The van der Waals surface area contributed by atoms with E-state index in [4.69, 9.17) is 0 Å². The van der Waals surface area contributed by atoms with Crippen LogP contribution in [0.3, 0.4) is 0 Å². The molecule has 0 aliphatic heterocycles. The Morgan fingerprint density at radius 2 is 0.737 bits per heavy atom. The summed E-state index contributed by atoms with van der Waals surface area (Å²) in [6.07, 6.45) is 23.2. The molecule has 0 heterocycles. The van der Waals surface area contributed by atoms with Crippen molar-refractivity contribution >= 4 is 26.2 Å². The van der Waals surface area contributed by atoms with Gasteiger partial charge in [0.2, 0.25) is 0 Å². The third-order valence-electron chi connectivity index (χ3n) is 3.81. The largest absolute Gasteiger partial charge is 0.138 e. The zero-order valence-electron chi connectivity index (χ0n) is 13.3. The lowest BCUT2D eigenvalue weighted by Crippen LogP contribution is -1.83. The van der Waals surface area contributed by atoms with Gasteiger partial charge in [-0.25, -0.2) is 0 Å². The molecule has 0 saturated carbocycles. The lowest BCUT2D eigenvalue weighted by atomic mass is 10.0. The van der Waals surface area contributed by atoms with Crippen molar-refractivity contribution in [3.8, 4) is 0 Å². The van der Waals surface area contributed by atoms with Crippen molar-refractivity contribution in [3.63, 3.8) is 0 Å². The topological polar surface area (TPSA) is 0 Å². The number of hydrogen-bond acceptors (Lipinski definition) is 0. The molecule has 0 aromatic rings. The molecular weight excluding hydrogens is 315 g/mol. The zero-order chi connectivity index (χ0) is 13.3. The molecule has 0 fully saturated rings. The summed E-state index contributed by atoms with van der Waals surface area (Å²) in [4.78, 5) is 0. The average molecular weight is 353 g/mol. The Morgan fingerprint density at radius 3 is 1.00 bits per heavy atom. The Kier molecular flexibility index (Phi) is 24.8. The molecule has 0 aliphatic rings. The van der Waals surface area contributed by atoms with Crippen LogP contribution in [-0.2, 0) is 0 Å². The molecule has 1 unspecified atom stereocenters. The Morgan fingerprint density at radius 1 is 0.474 bits per heavy atom. The van der Waals surface area contributed by atoms with Crippen LogP contribution in [0.25, 0.3) is 0 Å². The first-order valence-corrected chi connectivity index (χ1v) is 9.43. The maximum atomic E-state index is 2.82. The zero-order valence-corrected chi connectivity index (χ0v) is 16.2. The van der Waals surface area contributed by atoms with Gasteiger partial charge in [0.15, 0.2) is 0 Å². The molecule has 0 radical (unpaired) electrons. The quantitative estimate of drug-likeness (QED) is 0.214. The maximum Gasteiger partial charge on any atom is -0.0381 e. The number of rotatable bonds is 15. The minimum atomic E-state index is 0. The number of unbranched alkanes of at least 4 members (excludes halogenated alkanes) is 14. The summed E-state index contributed by atoms with van der Waals surface area (Å²) in [7, 11) is 2.82. The molecule has 0 bridgehead atoms. The van der Waals surface area contributed by atoms with E-state index in [1.54, 1.807) is 0 Å². The third kappa shape index (κ3) is 21.4. The Bertz CT molecular complexity index is 123. The summed E-state index contributed by atoms with van der Waals surface area (Å²) < 4.78 is 0. The first-order chi connectivity index (χ1) is 8.91. The van der Waals surface area contributed by atoms with Crippen LogP contribution in [-0.4, -0.2) is 6.16 Å². The average Bonchev–Trinajstić information content (AvgIpc) is 2.39. The summed E-state index contributed by atoms with van der Waals surface area (Å²) in [6.45, 7) is 2.29. The van der Waals surface area contributed by atoms with E-state index in [0.717, 1.165) is 0 Å². The maximum absolute atomic E-state index is 2.82. The second-order valence-electron chi connectivity index (χ2n) is 5.74. The van der Waals surface area contributed by atoms with Crippen molar-refractivity contribution in [2.45, 2.75) is 103 Å². The second kappa shape index (κ2) is 21.2. The molecule has 0 rings (SSSR count). The molecule has 0 aromatic carbocycles. The van der Waals surface area contributed by atoms with Crippen molar-refractivity contribution < 1.29 is 0 Å². The highest BCUT2D eigenvalue weighted by molar-refractivity contribution is 8.93. The summed E-state index contributed by atoms with van der Waals surface area (Å²) >= 11 is 0. The molecule has 1 atom stereocenters. The Balaban J connectivity index is 0. The normalized spacial score (nSPS) is 10.4. The third-order valence-corrected chi connectivity index (χ3v) is 4.22. The van der Waals surface area contributed by atoms with Gasteiger partial charge >= 0.3 is 0 Å². The Labute approximate surface area is 135 Å². The van der Waals surface area contributed by atoms with Crippen LogP contribution < -0.4 is 0 Å². The summed E-state index contributed by atoms with van der Waals surface area (Å²) in [5, 5.41) is 0. The van der Waals surface area contributed by atoms with Gasteiger partial charge in [-0.05, 0) is 12.6 Å². The van der Waals surface area contributed by atoms with Crippen LogP contribution in [0.5, 0.6) is 0 Å². The number of hydrogen-bond donors (Lipinski definition) is 0. The van der Waals surface area contributed by atoms with Crippen molar-refractivity contribution in [1.29, 1.82) is 0 Å². The monoisotopic (exact) mass is 352 g/mol. The van der Waals surface area contributed by atoms with Gasteiger partial charge in [-0.15, -0.1) is 26.2 Å². The van der Waals surface area contributed by atoms with Crippen molar-refractivity contribution in [2.24, 2.45) is 0 Å². The van der Waals surface area contributed by atoms with E-state index in [1.165, 1.54) is 102 Å². The smallest absolute Gasteiger partial charge is 0.0381 e. The molecule has 0 aliphatic carbocycles. The van der Waals surface area contributed by atoms with Gasteiger partial charge in [-0.2, -0.15) is 0 Å². The van der Waals surface area contributed by atoms with Gasteiger partial charge in [-0.1, -0.05) is 96.8 Å². The van der Waals surface area contributed by atoms with E-state index >= 15 is 0 Å². The molecule has 0 aromatic heterocycles. The van der Waals surface area contributed by atoms with E-state index in [2.05, 4.69) is 16.2 Å². The molecule has 0 amide bonds. The van der Waals surface area contributed by atoms with Crippen molar-refractivity contribution in [3.05, 3.63) is 0 Å². The lowest BCUT2D eigenvalue weighted by molar-refractivity contribution is 0.535. The summed E-state index contributed by atoms with van der Waals surface area (Å²) in [6, 6.07) is 0. The number of halogens is 1. The predicted octanol–water partition coefficient (Wildman–Crippen LogP) is 7.31. The molecule has 19 heavy (non-hydrogen) atoms. The first kappa shape index (κ1) is 22.2. The Hall–Kier alpha value is 0.910. The molecule has 0 nitrogen and oxygen atoms in total. The fraction of sp³-hybridized carbons (Fsp3) is 1.00. The van der Waals surface area contributed by atoms with Crippen LogP contribution in [0.4, 0.5) is 0 Å². The second-order valence-corrected chi connectivity index (χ2v) is 6.32. The molecule has 0 N–H and O–H groups in total. The minimum Gasteiger partial charge on any atom is -0.138 e. The fourth-order valence-electron chi connectivity index (χ4n) is 2.52. The van der Waals surface area contributed by atoms with Crippen LogP contribution in [0.15, 0.2) is 0 Å². The molecule has 0 spiro atoms. The van der Waals surface area contributed by atoms with Gasteiger partial charge in [0.1, 0.15) is 0 Å². The van der Waals surface area contributed by atoms with E-state index in [1.807, 2.05) is 0 Å². The molecule has 0 saturated heterocycles. The fourth-order valence-corrected chi connectivity index (χ4v) is 2.80. The van der Waals surface area contributed by atoms with E-state index in [0.29, 0.717) is 0 Å². The highest BCUT2D eigenvalue weighted by Gasteiger charge is 1.93. The SMILES string of the molecule is Br.CCCCCCCCCCCCCCCCCP. The van der Waals surface area contributed by atoms with Crippen LogP contribution in [0, 0.1) is 0 Å². The van der Waals surface area contributed by atoms with E-state index < -0.39 is 0 Å². The standard InChI is InChI=1S/C17H37P.BrH/c1-2-3-4-5-6-7-8-9-10-11-12-13-14-15-16-17-18;/h2-18H2,1H3;1H. The first-order valence-electron chi connectivity index (χ1n) is 8.62. The van der Waals surface area contributed by atoms with Gasteiger partial charge in [0.25, 0.3) is 0 Å². The van der Waals surface area contributed by atoms with Crippen LogP contribution in [0.2, 0.25) is 0 Å². The van der Waals surface area contributed by atoms with E-state index in [-0.39, 0.29) is 17.0 Å². The van der Waals surface area contributed by atoms with Gasteiger partial charge in [-0.3, -0.25) is 0 Å². The highest BCUT2D eigenvalue weighted by Crippen LogP contribution is 2.13. The van der Waals surface area contributed by atoms with Crippen molar-refractivity contribution in [1.82, 2.24) is 0 Å². The van der Waals surface area contributed by atoms with Crippen LogP contribution >= 0.6 is 26.2 Å². The van der Waals surface area contributed by atoms with Gasteiger partial charge in [0.05, 0.1) is 0 Å². The molecular formula is C17H38BrP. The summed E-state index contributed by atoms with van der Waals surface area (Å²) in [5.41, 5.74) is 0. The minimum absolute atomic E-state index is 0. The molecule has 2 heteroatoms. The lowest BCUT2D eigenvalue weighted by Gasteiger charge is -2.03. The van der Waals surface area contributed by atoms with Gasteiger partial charge in [0, 0.05) is 0 Å². The van der Waals surface area contributed by atoms with Crippen LogP contribution in [0.1, 0.15) is 103 Å². The summed E-state index contributed by atoms with van der Waals surface area (Å²) in [5.74, 6) is 0. The highest BCUT2D eigenvalue weighted by atomic mass is 79.9. The van der Waals surface area contributed by atoms with E-state index in [9.17, 15) is 0 Å². The van der Waals surface area contributed by atoms with Crippen molar-refractivity contribution in [2.75, 3.05) is 6.16 Å².